The molecule has 5 nitrogen and oxygen atoms in total. The zero-order chi connectivity index (χ0) is 12.4. The first-order valence-corrected chi connectivity index (χ1v) is 6.74. The van der Waals surface area contributed by atoms with Crippen LogP contribution >= 0.6 is 11.8 Å². The molecule has 1 fully saturated rings. The predicted molar refractivity (Wildman–Crippen MR) is 65.3 cm³/mol. The highest BCUT2D eigenvalue weighted by atomic mass is 32.2. The predicted octanol–water partition coefficient (Wildman–Crippen LogP) is 1.47. The quantitative estimate of drug-likeness (QED) is 0.883. The summed E-state index contributed by atoms with van der Waals surface area (Å²) in [7, 11) is 0. The van der Waals surface area contributed by atoms with Crippen molar-refractivity contribution in [2.45, 2.75) is 19.9 Å². The van der Waals surface area contributed by atoms with E-state index in [4.69, 9.17) is 4.52 Å². The van der Waals surface area contributed by atoms with Gasteiger partial charge in [-0.3, -0.25) is 9.69 Å². The molecule has 1 aliphatic heterocycles. The smallest absolute Gasteiger partial charge is 0.325 e. The van der Waals surface area contributed by atoms with E-state index in [1.54, 1.807) is 13.8 Å². The van der Waals surface area contributed by atoms with Crippen LogP contribution in [0.1, 0.15) is 23.1 Å². The average molecular weight is 256 g/mol. The van der Waals surface area contributed by atoms with Crippen molar-refractivity contribution >= 4 is 17.7 Å². The third-order valence-electron chi connectivity index (χ3n) is 3.01. The summed E-state index contributed by atoms with van der Waals surface area (Å²) in [4.78, 5) is 13.5. The van der Waals surface area contributed by atoms with Crippen LogP contribution in [0.5, 0.6) is 0 Å². The van der Waals surface area contributed by atoms with Crippen LogP contribution in [0.4, 0.5) is 0 Å². The molecule has 0 aliphatic carbocycles. The second kappa shape index (κ2) is 5.10. The van der Waals surface area contributed by atoms with Gasteiger partial charge in [0.05, 0.1) is 5.69 Å². The average Bonchev–Trinajstić information content (AvgIpc) is 2.62. The van der Waals surface area contributed by atoms with Gasteiger partial charge < -0.3 is 9.63 Å². The number of thioether (sulfide) groups is 1. The van der Waals surface area contributed by atoms with E-state index in [1.807, 2.05) is 16.7 Å². The first-order valence-electron chi connectivity index (χ1n) is 5.58. The van der Waals surface area contributed by atoms with Crippen LogP contribution in [-0.4, -0.2) is 45.7 Å². The molecule has 0 amide bonds. The van der Waals surface area contributed by atoms with Crippen molar-refractivity contribution in [3.63, 3.8) is 0 Å². The number of carboxylic acid groups (broad SMARTS) is 1. The molecule has 1 aliphatic rings. The van der Waals surface area contributed by atoms with E-state index < -0.39 is 12.0 Å². The highest BCUT2D eigenvalue weighted by Gasteiger charge is 2.33. The SMILES string of the molecule is Cc1noc(C)c1[C@H](C(=O)O)N1CCSCC1. The van der Waals surface area contributed by atoms with Gasteiger partial charge in [-0.15, -0.1) is 0 Å². The molecule has 17 heavy (non-hydrogen) atoms. The second-order valence-electron chi connectivity index (χ2n) is 4.13. The van der Waals surface area contributed by atoms with Crippen molar-refractivity contribution in [3.8, 4) is 0 Å². The molecule has 0 radical (unpaired) electrons. The van der Waals surface area contributed by atoms with E-state index in [9.17, 15) is 9.90 Å². The zero-order valence-electron chi connectivity index (χ0n) is 9.97. The number of rotatable bonds is 3. The largest absolute Gasteiger partial charge is 0.480 e. The van der Waals surface area contributed by atoms with Gasteiger partial charge in [0.25, 0.3) is 0 Å². The Morgan fingerprint density at radius 1 is 1.47 bits per heavy atom. The topological polar surface area (TPSA) is 66.6 Å². The number of carboxylic acids is 1. The third kappa shape index (κ3) is 2.47. The third-order valence-corrected chi connectivity index (χ3v) is 3.95. The summed E-state index contributed by atoms with van der Waals surface area (Å²) in [6, 6.07) is -0.623. The lowest BCUT2D eigenvalue weighted by Crippen LogP contribution is -2.40. The van der Waals surface area contributed by atoms with E-state index in [1.165, 1.54) is 0 Å². The fourth-order valence-electron chi connectivity index (χ4n) is 2.18. The molecule has 1 N–H and O–H groups in total. The van der Waals surface area contributed by atoms with E-state index in [-0.39, 0.29) is 0 Å². The summed E-state index contributed by atoms with van der Waals surface area (Å²) in [5.41, 5.74) is 1.39. The number of hydrogen-bond acceptors (Lipinski definition) is 5. The maximum atomic E-state index is 11.5. The lowest BCUT2D eigenvalue weighted by atomic mass is 10.0. The summed E-state index contributed by atoms with van der Waals surface area (Å²) in [6.45, 7) is 5.15. The summed E-state index contributed by atoms with van der Waals surface area (Å²) < 4.78 is 5.07. The van der Waals surface area contributed by atoms with Crippen LogP contribution in [0.15, 0.2) is 4.52 Å². The normalized spacial score (nSPS) is 19.2. The minimum absolute atomic E-state index is 0.605. The number of hydrogen-bond donors (Lipinski definition) is 1. The van der Waals surface area contributed by atoms with Crippen molar-refractivity contribution in [2.75, 3.05) is 24.6 Å². The van der Waals surface area contributed by atoms with Gasteiger partial charge >= 0.3 is 5.97 Å². The molecule has 0 bridgehead atoms. The number of aryl methyl sites for hydroxylation is 2. The highest BCUT2D eigenvalue weighted by Crippen LogP contribution is 2.29. The van der Waals surface area contributed by atoms with Crippen LogP contribution in [0, 0.1) is 13.8 Å². The Kier molecular flexibility index (Phi) is 3.73. The monoisotopic (exact) mass is 256 g/mol. The summed E-state index contributed by atoms with van der Waals surface area (Å²) >= 11 is 1.86. The van der Waals surface area contributed by atoms with Gasteiger partial charge in [0.2, 0.25) is 0 Å². The molecule has 1 aromatic heterocycles. The van der Waals surface area contributed by atoms with Gasteiger partial charge in [-0.05, 0) is 13.8 Å². The first kappa shape index (κ1) is 12.4. The molecule has 0 saturated carbocycles. The Bertz CT molecular complexity index is 393. The lowest BCUT2D eigenvalue weighted by molar-refractivity contribution is -0.143. The number of nitrogens with zero attached hydrogens (tertiary/aromatic N) is 2. The van der Waals surface area contributed by atoms with Gasteiger partial charge in [-0.1, -0.05) is 5.16 Å². The minimum Gasteiger partial charge on any atom is -0.480 e. The van der Waals surface area contributed by atoms with Crippen molar-refractivity contribution in [2.24, 2.45) is 0 Å². The Morgan fingerprint density at radius 3 is 2.59 bits per heavy atom. The maximum absolute atomic E-state index is 11.5. The standard InChI is InChI=1S/C11H16N2O3S/c1-7-9(8(2)16-12-7)10(11(14)15)13-3-5-17-6-4-13/h10H,3-6H2,1-2H3,(H,14,15)/t10-/m1/s1. The fraction of sp³-hybridized carbons (Fsp3) is 0.636. The van der Waals surface area contributed by atoms with Gasteiger partial charge in [0.1, 0.15) is 11.8 Å². The summed E-state index contributed by atoms with van der Waals surface area (Å²) in [5, 5.41) is 13.3. The molecule has 2 rings (SSSR count). The van der Waals surface area contributed by atoms with E-state index in [0.717, 1.165) is 24.6 Å². The van der Waals surface area contributed by atoms with Crippen LogP contribution in [0.25, 0.3) is 0 Å². The Morgan fingerprint density at radius 2 is 2.12 bits per heavy atom. The molecule has 0 unspecified atom stereocenters. The van der Waals surface area contributed by atoms with Crippen LogP contribution in [0.3, 0.4) is 0 Å². The van der Waals surface area contributed by atoms with Crippen molar-refractivity contribution in [1.29, 1.82) is 0 Å². The molecular weight excluding hydrogens is 240 g/mol. The highest BCUT2D eigenvalue weighted by molar-refractivity contribution is 7.99. The van der Waals surface area contributed by atoms with Crippen molar-refractivity contribution in [1.82, 2.24) is 10.1 Å². The van der Waals surface area contributed by atoms with Gasteiger partial charge in [0, 0.05) is 30.2 Å². The summed E-state index contributed by atoms with van der Waals surface area (Å²) in [6.07, 6.45) is 0. The number of aromatic nitrogens is 1. The molecule has 1 saturated heterocycles. The second-order valence-corrected chi connectivity index (χ2v) is 5.35. The van der Waals surface area contributed by atoms with E-state index in [0.29, 0.717) is 17.0 Å². The van der Waals surface area contributed by atoms with Crippen LogP contribution in [0.2, 0.25) is 0 Å². The molecule has 1 aromatic rings. The molecular formula is C11H16N2O3S. The number of aliphatic carboxylic acids is 1. The molecule has 0 spiro atoms. The molecule has 6 heteroatoms. The molecule has 1 atom stereocenters. The number of carbonyl (C=O) groups is 1. The fourth-order valence-corrected chi connectivity index (χ4v) is 3.11. The first-order chi connectivity index (χ1) is 8.11. The van der Waals surface area contributed by atoms with Gasteiger partial charge in [-0.25, -0.2) is 0 Å². The molecule has 94 valence electrons. The van der Waals surface area contributed by atoms with Crippen molar-refractivity contribution in [3.05, 3.63) is 17.0 Å². The van der Waals surface area contributed by atoms with Gasteiger partial charge in [0.15, 0.2) is 0 Å². The summed E-state index contributed by atoms with van der Waals surface area (Å²) in [5.74, 6) is 1.74. The van der Waals surface area contributed by atoms with Crippen LogP contribution in [-0.2, 0) is 4.79 Å². The zero-order valence-corrected chi connectivity index (χ0v) is 10.8. The molecule has 0 aromatic carbocycles. The van der Waals surface area contributed by atoms with Crippen LogP contribution < -0.4 is 0 Å². The van der Waals surface area contributed by atoms with Crippen molar-refractivity contribution < 1.29 is 14.4 Å². The Labute approximate surface area is 104 Å². The van der Waals surface area contributed by atoms with Gasteiger partial charge in [-0.2, -0.15) is 11.8 Å². The Hall–Kier alpha value is -1.01. The minimum atomic E-state index is -0.827. The van der Waals surface area contributed by atoms with E-state index in [2.05, 4.69) is 5.16 Å². The maximum Gasteiger partial charge on any atom is 0.325 e. The lowest BCUT2D eigenvalue weighted by Gasteiger charge is -2.31. The molecule has 2 heterocycles. The Balaban J connectivity index is 2.31. The van der Waals surface area contributed by atoms with E-state index >= 15 is 0 Å².